The summed E-state index contributed by atoms with van der Waals surface area (Å²) in [5, 5.41) is 2.35. The molecule has 0 saturated heterocycles. The molecule has 0 heterocycles. The van der Waals surface area contributed by atoms with E-state index in [4.69, 9.17) is 17.3 Å². The minimum Gasteiger partial charge on any atom is -0.398 e. The second kappa shape index (κ2) is 6.41. The zero-order valence-corrected chi connectivity index (χ0v) is 10.4. The van der Waals surface area contributed by atoms with Crippen LogP contribution in [0.25, 0.3) is 5.70 Å². The third kappa shape index (κ3) is 3.71. The van der Waals surface area contributed by atoms with Gasteiger partial charge in [-0.05, 0) is 24.3 Å². The van der Waals surface area contributed by atoms with E-state index in [1.165, 1.54) is 31.3 Å². The van der Waals surface area contributed by atoms with E-state index in [1.807, 2.05) is 0 Å². The molecule has 0 atom stereocenters. The number of carbonyl (C=O) groups is 1. The topological polar surface area (TPSA) is 119 Å². The summed E-state index contributed by atoms with van der Waals surface area (Å²) < 4.78 is 13.7. The quantitative estimate of drug-likeness (QED) is 0.292. The lowest BCUT2D eigenvalue weighted by Crippen LogP contribution is -2.26. The number of amides is 1. The Morgan fingerprint density at radius 3 is 2.53 bits per heavy atom. The first kappa shape index (κ1) is 14.5. The van der Waals surface area contributed by atoms with Crippen LogP contribution in [0.5, 0.6) is 0 Å². The number of hydrazine groups is 1. The highest BCUT2D eigenvalue weighted by Crippen LogP contribution is 2.15. The molecule has 0 spiro atoms. The predicted molar refractivity (Wildman–Crippen MR) is 71.5 cm³/mol. The molecular formula is C12H16FN5O. The minimum absolute atomic E-state index is 0.0438. The molecular weight excluding hydrogens is 249 g/mol. The number of carbonyl (C=O) groups excluding carboxylic acids is 1. The first-order chi connectivity index (χ1) is 8.99. The van der Waals surface area contributed by atoms with Gasteiger partial charge in [0.2, 0.25) is 0 Å². The molecule has 19 heavy (non-hydrogen) atoms. The first-order valence-corrected chi connectivity index (χ1v) is 5.41. The van der Waals surface area contributed by atoms with Crippen LogP contribution in [-0.2, 0) is 0 Å². The molecule has 7 heteroatoms. The lowest BCUT2D eigenvalue weighted by molar-refractivity contribution is 0.0959. The zero-order valence-electron chi connectivity index (χ0n) is 10.4. The lowest BCUT2D eigenvalue weighted by atomic mass is 10.1. The highest BCUT2D eigenvalue weighted by molar-refractivity contribution is 5.94. The molecule has 0 aliphatic rings. The lowest BCUT2D eigenvalue weighted by Gasteiger charge is -2.05. The van der Waals surface area contributed by atoms with Gasteiger partial charge in [-0.2, -0.15) is 0 Å². The van der Waals surface area contributed by atoms with Crippen molar-refractivity contribution in [3.63, 3.8) is 0 Å². The van der Waals surface area contributed by atoms with E-state index in [1.54, 1.807) is 6.07 Å². The third-order valence-corrected chi connectivity index (χ3v) is 2.38. The van der Waals surface area contributed by atoms with Crippen LogP contribution in [0.1, 0.15) is 15.9 Å². The Morgan fingerprint density at radius 1 is 1.32 bits per heavy atom. The van der Waals surface area contributed by atoms with Gasteiger partial charge >= 0.3 is 0 Å². The van der Waals surface area contributed by atoms with Crippen LogP contribution in [0.3, 0.4) is 0 Å². The van der Waals surface area contributed by atoms with Crippen LogP contribution in [0, 0.1) is 5.82 Å². The van der Waals surface area contributed by atoms with Crippen LogP contribution in [-0.4, -0.2) is 13.0 Å². The Bertz CT molecular complexity index is 539. The van der Waals surface area contributed by atoms with E-state index in [-0.39, 0.29) is 11.4 Å². The molecule has 0 fully saturated rings. The summed E-state index contributed by atoms with van der Waals surface area (Å²) in [5.41, 5.74) is 14.1. The molecule has 1 amide bonds. The third-order valence-electron chi connectivity index (χ3n) is 2.38. The van der Waals surface area contributed by atoms with Crippen LogP contribution in [0.15, 0.2) is 36.2 Å². The van der Waals surface area contributed by atoms with E-state index in [0.717, 1.165) is 0 Å². The van der Waals surface area contributed by atoms with E-state index in [9.17, 15) is 9.18 Å². The fourth-order valence-electron chi connectivity index (χ4n) is 1.34. The molecule has 1 aromatic carbocycles. The maximum Gasteiger partial charge on any atom is 0.253 e. The number of halogens is 1. The second-order valence-corrected chi connectivity index (χ2v) is 3.66. The van der Waals surface area contributed by atoms with E-state index >= 15 is 0 Å². The van der Waals surface area contributed by atoms with Crippen molar-refractivity contribution < 1.29 is 9.18 Å². The molecule has 1 aromatic rings. The van der Waals surface area contributed by atoms with Crippen molar-refractivity contribution in [3.8, 4) is 0 Å². The summed E-state index contributed by atoms with van der Waals surface area (Å²) in [7, 11) is 1.43. The summed E-state index contributed by atoms with van der Waals surface area (Å²) in [4.78, 5) is 11.3. The Hall–Kier alpha value is -2.54. The van der Waals surface area contributed by atoms with Crippen molar-refractivity contribution >= 4 is 11.6 Å². The number of hydrogen-bond donors (Lipinski definition) is 5. The van der Waals surface area contributed by atoms with Crippen molar-refractivity contribution in [2.75, 3.05) is 7.05 Å². The van der Waals surface area contributed by atoms with E-state index in [0.29, 0.717) is 11.3 Å². The van der Waals surface area contributed by atoms with Gasteiger partial charge in [0.1, 0.15) is 11.6 Å². The summed E-state index contributed by atoms with van der Waals surface area (Å²) in [6, 6.07) is 4.08. The predicted octanol–water partition coefficient (Wildman–Crippen LogP) is -0.252. The normalized spacial score (nSPS) is 12.2. The molecule has 8 N–H and O–H groups in total. The average molecular weight is 265 g/mol. The van der Waals surface area contributed by atoms with Gasteiger partial charge in [0.25, 0.3) is 5.91 Å². The summed E-state index contributed by atoms with van der Waals surface area (Å²) in [5.74, 6) is 4.14. The van der Waals surface area contributed by atoms with Gasteiger partial charge in [-0.3, -0.25) is 4.79 Å². The standard InChI is InChI=1S/C12H16FN5O/c1-17-12(19)8-3-2-7(6-9(8)13)10(14)4-5-11(15)18-16/h2-6,18H,14-16H2,1H3,(H,17,19)/b10-4-,11-5+. The number of rotatable bonds is 4. The smallest absolute Gasteiger partial charge is 0.253 e. The van der Waals surface area contributed by atoms with Crippen molar-refractivity contribution in [1.82, 2.24) is 10.7 Å². The molecule has 0 unspecified atom stereocenters. The highest BCUT2D eigenvalue weighted by atomic mass is 19.1. The maximum absolute atomic E-state index is 13.7. The van der Waals surface area contributed by atoms with Crippen LogP contribution >= 0.6 is 0 Å². The molecule has 0 aliphatic carbocycles. The molecule has 1 rings (SSSR count). The molecule has 0 saturated carbocycles. The number of allylic oxidation sites excluding steroid dienone is 2. The number of nitrogens with one attached hydrogen (secondary N) is 2. The summed E-state index contributed by atoms with van der Waals surface area (Å²) in [6.45, 7) is 0. The summed E-state index contributed by atoms with van der Waals surface area (Å²) >= 11 is 0. The molecule has 6 nitrogen and oxygen atoms in total. The number of hydrogen-bond acceptors (Lipinski definition) is 5. The van der Waals surface area contributed by atoms with Gasteiger partial charge in [-0.1, -0.05) is 6.07 Å². The molecule has 0 aromatic heterocycles. The second-order valence-electron chi connectivity index (χ2n) is 3.66. The van der Waals surface area contributed by atoms with Gasteiger partial charge in [-0.25, -0.2) is 10.2 Å². The average Bonchev–Trinajstić information content (AvgIpc) is 2.43. The van der Waals surface area contributed by atoms with Gasteiger partial charge in [-0.15, -0.1) is 0 Å². The molecule has 0 aliphatic heterocycles. The Kier molecular flexibility index (Phi) is 4.90. The van der Waals surface area contributed by atoms with Crippen LogP contribution in [0.4, 0.5) is 4.39 Å². The van der Waals surface area contributed by atoms with Gasteiger partial charge in [0.15, 0.2) is 0 Å². The molecule has 0 radical (unpaired) electrons. The van der Waals surface area contributed by atoms with E-state index < -0.39 is 11.7 Å². The zero-order chi connectivity index (χ0) is 14.4. The first-order valence-electron chi connectivity index (χ1n) is 5.41. The Balaban J connectivity index is 3.04. The fraction of sp³-hybridized carbons (Fsp3) is 0.0833. The van der Waals surface area contributed by atoms with E-state index in [2.05, 4.69) is 10.7 Å². The van der Waals surface area contributed by atoms with Gasteiger partial charge < -0.3 is 22.2 Å². The SMILES string of the molecule is CNC(=O)c1ccc(/C(N)=C/C=C(\N)NN)cc1F. The van der Waals surface area contributed by atoms with Crippen molar-refractivity contribution in [2.24, 2.45) is 17.3 Å². The van der Waals surface area contributed by atoms with Gasteiger partial charge in [0, 0.05) is 18.3 Å². The molecule has 102 valence electrons. The van der Waals surface area contributed by atoms with Gasteiger partial charge in [0.05, 0.1) is 5.56 Å². The van der Waals surface area contributed by atoms with Crippen molar-refractivity contribution in [1.29, 1.82) is 0 Å². The summed E-state index contributed by atoms with van der Waals surface area (Å²) in [6.07, 6.45) is 2.92. The Morgan fingerprint density at radius 2 is 2.00 bits per heavy atom. The fourth-order valence-corrected chi connectivity index (χ4v) is 1.34. The molecule has 0 bridgehead atoms. The largest absolute Gasteiger partial charge is 0.398 e. The van der Waals surface area contributed by atoms with Crippen molar-refractivity contribution in [3.05, 3.63) is 53.1 Å². The minimum atomic E-state index is -0.651. The van der Waals surface area contributed by atoms with Crippen LogP contribution < -0.4 is 28.1 Å². The Labute approximate surface area is 110 Å². The monoisotopic (exact) mass is 265 g/mol. The van der Waals surface area contributed by atoms with Crippen molar-refractivity contribution in [2.45, 2.75) is 0 Å². The highest BCUT2D eigenvalue weighted by Gasteiger charge is 2.10. The number of nitrogens with two attached hydrogens (primary N) is 3. The number of benzene rings is 1. The van der Waals surface area contributed by atoms with Crippen LogP contribution in [0.2, 0.25) is 0 Å². The maximum atomic E-state index is 13.7.